The number of carbonyl (C=O) groups excluding carboxylic acids is 1. The van der Waals surface area contributed by atoms with E-state index in [-0.39, 0.29) is 11.4 Å². The Balaban J connectivity index is 1.93. The smallest absolute Gasteiger partial charge is 0.207 e. The quantitative estimate of drug-likeness (QED) is 0.447. The minimum atomic E-state index is -0.317. The van der Waals surface area contributed by atoms with Gasteiger partial charge in [0.1, 0.15) is 17.4 Å². The molecule has 4 heteroatoms. The predicted octanol–water partition coefficient (Wildman–Crippen LogP) is 5.07. The van der Waals surface area contributed by atoms with Crippen molar-refractivity contribution in [2.75, 3.05) is 0 Å². The summed E-state index contributed by atoms with van der Waals surface area (Å²) in [6, 6.07) is 18.8. The summed E-state index contributed by atoms with van der Waals surface area (Å²) < 4.78 is 5.86. The standard InChI is InChI=1S/C20H15NO2S/c1-13-8-10-15(11-9-13)18(22)17(12-21)20-23-19(14(2)24-20)16-6-4-3-5-7-16/h3-11H,1-2H3/b20-17-. The molecule has 0 saturated heterocycles. The molecule has 0 saturated carbocycles. The fourth-order valence-corrected chi connectivity index (χ4v) is 3.26. The summed E-state index contributed by atoms with van der Waals surface area (Å²) in [4.78, 5) is 13.6. The summed E-state index contributed by atoms with van der Waals surface area (Å²) in [7, 11) is 0. The number of nitriles is 1. The lowest BCUT2D eigenvalue weighted by atomic mass is 10.0. The number of hydrogen-bond donors (Lipinski definition) is 0. The van der Waals surface area contributed by atoms with Gasteiger partial charge in [-0.25, -0.2) is 0 Å². The highest BCUT2D eigenvalue weighted by molar-refractivity contribution is 8.07. The van der Waals surface area contributed by atoms with Crippen LogP contribution in [0.25, 0.3) is 5.76 Å². The second-order valence-electron chi connectivity index (χ2n) is 5.42. The molecule has 3 rings (SSSR count). The topological polar surface area (TPSA) is 50.1 Å². The highest BCUT2D eigenvalue weighted by Gasteiger charge is 2.27. The first-order valence-electron chi connectivity index (χ1n) is 7.48. The fourth-order valence-electron chi connectivity index (χ4n) is 2.36. The number of ether oxygens (including phenoxy) is 1. The Bertz CT molecular complexity index is 887. The van der Waals surface area contributed by atoms with Gasteiger partial charge in [-0.1, -0.05) is 71.9 Å². The van der Waals surface area contributed by atoms with Crippen LogP contribution >= 0.6 is 11.8 Å². The summed E-state index contributed by atoms with van der Waals surface area (Å²) in [6.45, 7) is 3.87. The zero-order valence-corrected chi connectivity index (χ0v) is 14.2. The maximum atomic E-state index is 12.6. The predicted molar refractivity (Wildman–Crippen MR) is 95.9 cm³/mol. The van der Waals surface area contributed by atoms with Crippen molar-refractivity contribution in [3.8, 4) is 6.07 Å². The van der Waals surface area contributed by atoms with Crippen molar-refractivity contribution in [1.29, 1.82) is 5.26 Å². The number of benzene rings is 2. The van der Waals surface area contributed by atoms with Crippen LogP contribution in [0.4, 0.5) is 0 Å². The van der Waals surface area contributed by atoms with E-state index in [0.29, 0.717) is 16.4 Å². The van der Waals surface area contributed by atoms with E-state index in [0.717, 1.165) is 16.0 Å². The molecule has 0 spiro atoms. The molecule has 0 aliphatic carbocycles. The van der Waals surface area contributed by atoms with Gasteiger partial charge in [-0.05, 0) is 13.8 Å². The molecule has 2 aromatic rings. The maximum absolute atomic E-state index is 12.6. The van der Waals surface area contributed by atoms with Crippen molar-refractivity contribution in [1.82, 2.24) is 0 Å². The van der Waals surface area contributed by atoms with E-state index in [4.69, 9.17) is 4.74 Å². The first-order valence-corrected chi connectivity index (χ1v) is 8.29. The van der Waals surface area contributed by atoms with Crippen LogP contribution in [-0.2, 0) is 4.74 Å². The lowest BCUT2D eigenvalue weighted by molar-refractivity contribution is 0.103. The third kappa shape index (κ3) is 3.12. The van der Waals surface area contributed by atoms with E-state index in [9.17, 15) is 10.1 Å². The van der Waals surface area contributed by atoms with E-state index in [1.165, 1.54) is 11.8 Å². The molecule has 1 aliphatic rings. The minimum Gasteiger partial charge on any atom is -0.447 e. The van der Waals surface area contributed by atoms with Crippen molar-refractivity contribution < 1.29 is 9.53 Å². The molecule has 0 aromatic heterocycles. The lowest BCUT2D eigenvalue weighted by Gasteiger charge is -2.06. The van der Waals surface area contributed by atoms with E-state index in [1.807, 2.05) is 62.4 Å². The number of thioether (sulfide) groups is 1. The van der Waals surface area contributed by atoms with Gasteiger partial charge in [-0.2, -0.15) is 5.26 Å². The summed E-state index contributed by atoms with van der Waals surface area (Å²) in [5.41, 5.74) is 2.51. The molecule has 118 valence electrons. The van der Waals surface area contributed by atoms with Crippen molar-refractivity contribution in [2.24, 2.45) is 0 Å². The van der Waals surface area contributed by atoms with Crippen LogP contribution in [0.3, 0.4) is 0 Å². The van der Waals surface area contributed by atoms with Gasteiger partial charge in [-0.15, -0.1) is 0 Å². The second kappa shape index (κ2) is 6.77. The van der Waals surface area contributed by atoms with E-state index >= 15 is 0 Å². The molecule has 0 radical (unpaired) electrons. The van der Waals surface area contributed by atoms with Crippen LogP contribution in [0, 0.1) is 18.3 Å². The zero-order chi connectivity index (χ0) is 17.1. The normalized spacial score (nSPS) is 15.7. The van der Waals surface area contributed by atoms with Gasteiger partial charge in [0, 0.05) is 16.0 Å². The van der Waals surface area contributed by atoms with Gasteiger partial charge in [-0.3, -0.25) is 4.79 Å². The third-order valence-electron chi connectivity index (χ3n) is 3.65. The monoisotopic (exact) mass is 333 g/mol. The van der Waals surface area contributed by atoms with Crippen molar-refractivity contribution >= 4 is 23.3 Å². The van der Waals surface area contributed by atoms with Crippen LogP contribution in [0.15, 0.2) is 70.2 Å². The summed E-state index contributed by atoms with van der Waals surface area (Å²) >= 11 is 1.32. The average Bonchev–Trinajstić information content (AvgIpc) is 2.98. The number of carbonyl (C=O) groups is 1. The number of allylic oxidation sites excluding steroid dienone is 2. The van der Waals surface area contributed by atoms with Crippen LogP contribution in [0.5, 0.6) is 0 Å². The zero-order valence-electron chi connectivity index (χ0n) is 13.4. The Morgan fingerprint density at radius 2 is 1.71 bits per heavy atom. The Morgan fingerprint density at radius 1 is 1.04 bits per heavy atom. The first-order chi connectivity index (χ1) is 11.6. The number of aryl methyl sites for hydroxylation is 1. The number of nitrogens with zero attached hydrogens (tertiary/aromatic N) is 1. The molecule has 0 fully saturated rings. The van der Waals surface area contributed by atoms with Crippen molar-refractivity contribution in [3.05, 3.63) is 86.9 Å². The molecular weight excluding hydrogens is 318 g/mol. The molecule has 0 unspecified atom stereocenters. The van der Waals surface area contributed by atoms with Gasteiger partial charge in [0.05, 0.1) is 0 Å². The Hall–Kier alpha value is -2.77. The van der Waals surface area contributed by atoms with Crippen LogP contribution in [0.2, 0.25) is 0 Å². The minimum absolute atomic E-state index is 0.0362. The second-order valence-corrected chi connectivity index (χ2v) is 6.61. The molecule has 0 bridgehead atoms. The highest BCUT2D eigenvalue weighted by atomic mass is 32.2. The number of ketones is 1. The van der Waals surface area contributed by atoms with Gasteiger partial charge < -0.3 is 4.74 Å². The van der Waals surface area contributed by atoms with Gasteiger partial charge in [0.2, 0.25) is 5.78 Å². The lowest BCUT2D eigenvalue weighted by Crippen LogP contribution is -2.04. The SMILES string of the molecule is CC1=C(c2ccccc2)O/C(=C(\C#N)C(=O)c2ccc(C)cc2)S1. The van der Waals surface area contributed by atoms with Gasteiger partial charge in [0.15, 0.2) is 5.09 Å². The molecule has 0 amide bonds. The average molecular weight is 333 g/mol. The van der Waals surface area contributed by atoms with Crippen molar-refractivity contribution in [2.45, 2.75) is 13.8 Å². The molecule has 2 aromatic carbocycles. The molecule has 0 atom stereocenters. The molecule has 1 heterocycles. The van der Waals surface area contributed by atoms with Gasteiger partial charge in [0.25, 0.3) is 0 Å². The fraction of sp³-hybridized carbons (Fsp3) is 0.100. The maximum Gasteiger partial charge on any atom is 0.207 e. The molecular formula is C20H15NO2S. The van der Waals surface area contributed by atoms with Crippen LogP contribution < -0.4 is 0 Å². The Kier molecular flexibility index (Phi) is 4.54. The summed E-state index contributed by atoms with van der Waals surface area (Å²) in [5.74, 6) is 0.377. The first kappa shape index (κ1) is 16.1. The van der Waals surface area contributed by atoms with Crippen LogP contribution in [-0.4, -0.2) is 5.78 Å². The number of Topliss-reactive ketones (excluding diaryl/α,β-unsaturated/α-hetero) is 1. The molecule has 0 N–H and O–H groups in total. The van der Waals surface area contributed by atoms with E-state index in [1.54, 1.807) is 12.1 Å². The van der Waals surface area contributed by atoms with E-state index in [2.05, 4.69) is 0 Å². The number of hydrogen-bond acceptors (Lipinski definition) is 4. The van der Waals surface area contributed by atoms with Crippen molar-refractivity contribution in [3.63, 3.8) is 0 Å². The number of rotatable bonds is 3. The Morgan fingerprint density at radius 3 is 2.33 bits per heavy atom. The molecule has 1 aliphatic heterocycles. The summed E-state index contributed by atoms with van der Waals surface area (Å²) in [6.07, 6.45) is 0. The van der Waals surface area contributed by atoms with Crippen LogP contribution in [0.1, 0.15) is 28.4 Å². The van der Waals surface area contributed by atoms with Gasteiger partial charge >= 0.3 is 0 Å². The largest absolute Gasteiger partial charge is 0.447 e. The highest BCUT2D eigenvalue weighted by Crippen LogP contribution is 2.44. The Labute approximate surface area is 145 Å². The molecule has 24 heavy (non-hydrogen) atoms. The molecule has 3 nitrogen and oxygen atoms in total. The third-order valence-corrected chi connectivity index (χ3v) is 4.62. The summed E-state index contributed by atoms with van der Waals surface area (Å²) in [5, 5.41) is 9.82. The van der Waals surface area contributed by atoms with E-state index < -0.39 is 0 Å².